The molecule has 1 heterocycles. The Bertz CT molecular complexity index is 558. The summed E-state index contributed by atoms with van der Waals surface area (Å²) in [5.74, 6) is 0.0510. The molecule has 0 radical (unpaired) electrons. The van der Waals surface area contributed by atoms with Crippen molar-refractivity contribution in [1.29, 1.82) is 0 Å². The van der Waals surface area contributed by atoms with Crippen LogP contribution in [0, 0.1) is 0 Å². The van der Waals surface area contributed by atoms with Crippen molar-refractivity contribution >= 4 is 23.3 Å². The zero-order valence-corrected chi connectivity index (χ0v) is 12.6. The minimum absolute atomic E-state index is 0.0510. The van der Waals surface area contributed by atoms with Gasteiger partial charge in [0.1, 0.15) is 0 Å². The molecule has 0 saturated heterocycles. The van der Waals surface area contributed by atoms with Gasteiger partial charge in [0.15, 0.2) is 0 Å². The predicted octanol–water partition coefficient (Wildman–Crippen LogP) is 4.20. The number of carbonyl (C=O) groups is 1. The molecule has 0 spiro atoms. The van der Waals surface area contributed by atoms with Gasteiger partial charge in [0.05, 0.1) is 0 Å². The molecule has 0 atom stereocenters. The van der Waals surface area contributed by atoms with Crippen molar-refractivity contribution in [3.8, 4) is 0 Å². The van der Waals surface area contributed by atoms with E-state index in [1.165, 1.54) is 0 Å². The normalized spacial score (nSPS) is 11.2. The van der Waals surface area contributed by atoms with Crippen LogP contribution in [-0.2, 0) is 11.3 Å². The Morgan fingerprint density at radius 2 is 2.00 bits per heavy atom. The van der Waals surface area contributed by atoms with E-state index in [0.717, 1.165) is 11.1 Å². The molecule has 0 bridgehead atoms. The van der Waals surface area contributed by atoms with Crippen LogP contribution < -0.4 is 0 Å². The molecule has 0 aliphatic rings. The minimum Gasteiger partial charge on any atom is -0.332 e. The molecule has 0 fully saturated rings. The van der Waals surface area contributed by atoms with Gasteiger partial charge in [0, 0.05) is 18.7 Å². The first-order valence-electron chi connectivity index (χ1n) is 6.71. The number of hydrogen-bond donors (Lipinski definition) is 0. The molecule has 1 aromatic carbocycles. The monoisotopic (exact) mass is 285 g/mol. The second kappa shape index (κ2) is 7.06. The summed E-state index contributed by atoms with van der Waals surface area (Å²) >= 11 is 1.63. The quantitative estimate of drug-likeness (QED) is 0.754. The van der Waals surface area contributed by atoms with E-state index < -0.39 is 0 Å². The molecule has 2 rings (SSSR count). The standard InChI is InChI=1S/C17H19NOS/c1-14(2)18(12-15-6-4-3-5-7-15)17(19)9-8-16-10-11-20-13-16/h3-11,13-14H,12H2,1-2H3/b9-8+. The topological polar surface area (TPSA) is 20.3 Å². The zero-order chi connectivity index (χ0) is 14.4. The highest BCUT2D eigenvalue weighted by atomic mass is 32.1. The predicted molar refractivity (Wildman–Crippen MR) is 85.5 cm³/mol. The van der Waals surface area contributed by atoms with Crippen molar-refractivity contribution in [2.24, 2.45) is 0 Å². The van der Waals surface area contributed by atoms with Crippen LogP contribution in [0.1, 0.15) is 25.0 Å². The lowest BCUT2D eigenvalue weighted by Gasteiger charge is -2.25. The molecule has 0 aliphatic carbocycles. The summed E-state index contributed by atoms with van der Waals surface area (Å²) in [4.78, 5) is 14.2. The highest BCUT2D eigenvalue weighted by molar-refractivity contribution is 7.08. The summed E-state index contributed by atoms with van der Waals surface area (Å²) < 4.78 is 0. The van der Waals surface area contributed by atoms with Gasteiger partial charge in [0.2, 0.25) is 5.91 Å². The minimum atomic E-state index is 0.0510. The van der Waals surface area contributed by atoms with Crippen LogP contribution in [0.15, 0.2) is 53.2 Å². The molecule has 0 N–H and O–H groups in total. The fraction of sp³-hybridized carbons (Fsp3) is 0.235. The number of hydrogen-bond acceptors (Lipinski definition) is 2. The van der Waals surface area contributed by atoms with Gasteiger partial charge >= 0.3 is 0 Å². The SMILES string of the molecule is CC(C)N(Cc1ccccc1)C(=O)/C=C/c1ccsc1. The van der Waals surface area contributed by atoms with Crippen molar-refractivity contribution in [3.05, 3.63) is 64.4 Å². The van der Waals surface area contributed by atoms with E-state index in [1.807, 2.05) is 72.0 Å². The first-order valence-corrected chi connectivity index (χ1v) is 7.66. The highest BCUT2D eigenvalue weighted by Crippen LogP contribution is 2.11. The van der Waals surface area contributed by atoms with Crippen LogP contribution in [0.25, 0.3) is 6.08 Å². The lowest BCUT2D eigenvalue weighted by atomic mass is 10.2. The molecule has 0 aliphatic heterocycles. The number of amides is 1. The third-order valence-electron chi connectivity index (χ3n) is 3.06. The second-order valence-electron chi connectivity index (χ2n) is 4.94. The molecular formula is C17H19NOS. The van der Waals surface area contributed by atoms with Crippen molar-refractivity contribution in [3.63, 3.8) is 0 Å². The van der Waals surface area contributed by atoms with E-state index in [4.69, 9.17) is 0 Å². The maximum absolute atomic E-state index is 12.3. The smallest absolute Gasteiger partial charge is 0.247 e. The third-order valence-corrected chi connectivity index (χ3v) is 3.77. The Morgan fingerprint density at radius 1 is 1.25 bits per heavy atom. The molecule has 2 nitrogen and oxygen atoms in total. The van der Waals surface area contributed by atoms with Gasteiger partial charge in [-0.3, -0.25) is 4.79 Å². The van der Waals surface area contributed by atoms with E-state index in [1.54, 1.807) is 17.4 Å². The maximum Gasteiger partial charge on any atom is 0.247 e. The largest absolute Gasteiger partial charge is 0.332 e. The lowest BCUT2D eigenvalue weighted by Crippen LogP contribution is -2.35. The van der Waals surface area contributed by atoms with Gasteiger partial charge in [-0.05, 0) is 47.9 Å². The molecule has 1 aromatic heterocycles. The first-order chi connectivity index (χ1) is 9.66. The van der Waals surface area contributed by atoms with Crippen LogP contribution in [-0.4, -0.2) is 16.8 Å². The average Bonchev–Trinajstić information content (AvgIpc) is 2.96. The lowest BCUT2D eigenvalue weighted by molar-refractivity contribution is -0.128. The molecule has 104 valence electrons. The maximum atomic E-state index is 12.3. The third kappa shape index (κ3) is 4.07. The molecule has 2 aromatic rings. The van der Waals surface area contributed by atoms with Crippen molar-refractivity contribution in [1.82, 2.24) is 4.90 Å². The van der Waals surface area contributed by atoms with Gasteiger partial charge in [-0.15, -0.1) is 0 Å². The Hall–Kier alpha value is -1.87. The van der Waals surface area contributed by atoms with Gasteiger partial charge in [-0.1, -0.05) is 30.3 Å². The van der Waals surface area contributed by atoms with Crippen molar-refractivity contribution < 1.29 is 4.79 Å². The number of rotatable bonds is 5. The van der Waals surface area contributed by atoms with Gasteiger partial charge < -0.3 is 4.90 Å². The molecule has 20 heavy (non-hydrogen) atoms. The summed E-state index contributed by atoms with van der Waals surface area (Å²) in [6.07, 6.45) is 3.53. The molecular weight excluding hydrogens is 266 g/mol. The summed E-state index contributed by atoms with van der Waals surface area (Å²) in [6.45, 7) is 4.73. The Balaban J connectivity index is 2.06. The average molecular weight is 285 g/mol. The van der Waals surface area contributed by atoms with Crippen molar-refractivity contribution in [2.45, 2.75) is 26.4 Å². The van der Waals surface area contributed by atoms with Crippen LogP contribution in [0.3, 0.4) is 0 Å². The summed E-state index contributed by atoms with van der Waals surface area (Å²) in [7, 11) is 0. The number of benzene rings is 1. The van der Waals surface area contributed by atoms with Crippen LogP contribution in [0.4, 0.5) is 0 Å². The summed E-state index contributed by atoms with van der Waals surface area (Å²) in [5.41, 5.74) is 2.23. The zero-order valence-electron chi connectivity index (χ0n) is 11.8. The highest BCUT2D eigenvalue weighted by Gasteiger charge is 2.14. The van der Waals surface area contributed by atoms with E-state index in [0.29, 0.717) is 6.54 Å². The Labute approximate surface area is 124 Å². The van der Waals surface area contributed by atoms with Gasteiger partial charge in [-0.25, -0.2) is 0 Å². The summed E-state index contributed by atoms with van der Waals surface area (Å²) in [5, 5.41) is 4.04. The second-order valence-corrected chi connectivity index (χ2v) is 5.72. The summed E-state index contributed by atoms with van der Waals surface area (Å²) in [6, 6.07) is 12.3. The Kier molecular flexibility index (Phi) is 5.13. The van der Waals surface area contributed by atoms with E-state index >= 15 is 0 Å². The molecule has 0 saturated carbocycles. The number of nitrogens with zero attached hydrogens (tertiary/aromatic N) is 1. The van der Waals surface area contributed by atoms with Crippen molar-refractivity contribution in [2.75, 3.05) is 0 Å². The molecule has 1 amide bonds. The van der Waals surface area contributed by atoms with Gasteiger partial charge in [-0.2, -0.15) is 11.3 Å². The Morgan fingerprint density at radius 3 is 2.60 bits per heavy atom. The first kappa shape index (κ1) is 14.5. The fourth-order valence-electron chi connectivity index (χ4n) is 1.93. The number of carbonyl (C=O) groups excluding carboxylic acids is 1. The van der Waals surface area contributed by atoms with E-state index in [2.05, 4.69) is 0 Å². The molecule has 0 unspecified atom stereocenters. The van der Waals surface area contributed by atoms with Crippen LogP contribution in [0.2, 0.25) is 0 Å². The number of thiophene rings is 1. The van der Waals surface area contributed by atoms with Crippen LogP contribution >= 0.6 is 11.3 Å². The molecule has 3 heteroatoms. The fourth-order valence-corrected chi connectivity index (χ4v) is 2.56. The van der Waals surface area contributed by atoms with Crippen LogP contribution in [0.5, 0.6) is 0 Å². The van der Waals surface area contributed by atoms with Gasteiger partial charge in [0.25, 0.3) is 0 Å². The van der Waals surface area contributed by atoms with E-state index in [9.17, 15) is 4.79 Å². The van der Waals surface area contributed by atoms with E-state index in [-0.39, 0.29) is 11.9 Å².